The first kappa shape index (κ1) is 16.0. The van der Waals surface area contributed by atoms with Crippen LogP contribution < -0.4 is 0 Å². The van der Waals surface area contributed by atoms with Gasteiger partial charge in [-0.15, -0.1) is 0 Å². The predicted octanol–water partition coefficient (Wildman–Crippen LogP) is -0.258. The molecule has 0 aliphatic carbocycles. The molecule has 2 saturated heterocycles. The van der Waals surface area contributed by atoms with Crippen LogP contribution in [0.2, 0.25) is 0 Å². The molecule has 7 heteroatoms. The van der Waals surface area contributed by atoms with Crippen LogP contribution in [0.15, 0.2) is 0 Å². The van der Waals surface area contributed by atoms with Crippen molar-refractivity contribution in [1.29, 1.82) is 0 Å². The molecule has 0 atom stereocenters. The molecule has 0 saturated carbocycles. The van der Waals surface area contributed by atoms with E-state index in [2.05, 4.69) is 0 Å². The van der Waals surface area contributed by atoms with Crippen molar-refractivity contribution in [3.8, 4) is 0 Å². The van der Waals surface area contributed by atoms with E-state index < -0.39 is 5.60 Å². The van der Waals surface area contributed by atoms with Gasteiger partial charge in [-0.25, -0.2) is 4.79 Å². The van der Waals surface area contributed by atoms with Gasteiger partial charge in [0, 0.05) is 39.3 Å². The monoisotopic (exact) mass is 299 g/mol. The number of carbonyl (C=O) groups is 2. The summed E-state index contributed by atoms with van der Waals surface area (Å²) in [7, 11) is 0. The molecule has 0 radical (unpaired) electrons. The molecule has 0 spiro atoms. The fourth-order valence-electron chi connectivity index (χ4n) is 2.43. The van der Waals surface area contributed by atoms with Gasteiger partial charge in [0.05, 0.1) is 12.6 Å². The van der Waals surface area contributed by atoms with Crippen LogP contribution in [0.4, 0.5) is 4.79 Å². The minimum Gasteiger partial charge on any atom is -0.444 e. The number of aliphatic hydroxyl groups excluding tert-OH is 1. The number of likely N-dealkylation sites (tertiary alicyclic amines) is 1. The lowest BCUT2D eigenvalue weighted by molar-refractivity contribution is -0.136. The van der Waals surface area contributed by atoms with Gasteiger partial charge in [0.25, 0.3) is 0 Å². The lowest BCUT2D eigenvalue weighted by Gasteiger charge is -2.39. The Hall–Kier alpha value is -1.34. The van der Waals surface area contributed by atoms with Gasteiger partial charge >= 0.3 is 6.09 Å². The lowest BCUT2D eigenvalue weighted by atomic mass is 10.1. The number of nitrogens with zero attached hydrogens (tertiary/aromatic N) is 3. The topological polar surface area (TPSA) is 73.3 Å². The Morgan fingerprint density at radius 1 is 1.10 bits per heavy atom. The number of β-amino-alcohol motifs (C(OH)–C–C–N with tert-alkyl or cyclic N) is 1. The smallest absolute Gasteiger partial charge is 0.410 e. The number of aliphatic hydroxyl groups is 1. The Morgan fingerprint density at radius 3 is 2.10 bits per heavy atom. The second kappa shape index (κ2) is 6.19. The fraction of sp³-hybridized carbons (Fsp3) is 0.857. The van der Waals surface area contributed by atoms with Gasteiger partial charge in [-0.05, 0) is 20.8 Å². The SMILES string of the molecule is CC(C)(C)OC(=O)N1CCN(C(=O)CN2CC(O)C2)CC1. The second-order valence-electron chi connectivity index (χ2n) is 6.70. The van der Waals surface area contributed by atoms with Crippen molar-refractivity contribution in [3.05, 3.63) is 0 Å². The number of hydrogen-bond acceptors (Lipinski definition) is 5. The molecule has 2 rings (SSSR count). The Balaban J connectivity index is 1.72. The van der Waals surface area contributed by atoms with Crippen LogP contribution in [-0.2, 0) is 9.53 Å². The number of carbonyl (C=O) groups excluding carboxylic acids is 2. The van der Waals surface area contributed by atoms with E-state index in [1.807, 2.05) is 25.7 Å². The zero-order valence-electron chi connectivity index (χ0n) is 13.0. The van der Waals surface area contributed by atoms with E-state index in [1.54, 1.807) is 9.80 Å². The van der Waals surface area contributed by atoms with E-state index >= 15 is 0 Å². The Kier molecular flexibility index (Phi) is 4.73. The van der Waals surface area contributed by atoms with Crippen LogP contribution >= 0.6 is 0 Å². The largest absolute Gasteiger partial charge is 0.444 e. The third-order valence-corrected chi connectivity index (χ3v) is 3.58. The number of hydrogen-bond donors (Lipinski definition) is 1. The summed E-state index contributed by atoms with van der Waals surface area (Å²) in [6, 6.07) is 0. The highest BCUT2D eigenvalue weighted by Crippen LogP contribution is 2.13. The van der Waals surface area contributed by atoms with Crippen molar-refractivity contribution in [1.82, 2.24) is 14.7 Å². The van der Waals surface area contributed by atoms with Gasteiger partial charge in [-0.3, -0.25) is 9.69 Å². The van der Waals surface area contributed by atoms with Gasteiger partial charge in [-0.1, -0.05) is 0 Å². The van der Waals surface area contributed by atoms with Crippen LogP contribution in [0, 0.1) is 0 Å². The maximum absolute atomic E-state index is 12.1. The molecule has 0 unspecified atom stereocenters. The van der Waals surface area contributed by atoms with E-state index in [0.29, 0.717) is 45.8 Å². The molecule has 1 N–H and O–H groups in total. The molecular weight excluding hydrogens is 274 g/mol. The third-order valence-electron chi connectivity index (χ3n) is 3.58. The quantitative estimate of drug-likeness (QED) is 0.761. The summed E-state index contributed by atoms with van der Waals surface area (Å²) in [5.74, 6) is 0.0609. The van der Waals surface area contributed by atoms with Gasteiger partial charge in [0.1, 0.15) is 5.60 Å². The van der Waals surface area contributed by atoms with E-state index in [1.165, 1.54) is 0 Å². The molecule has 2 fully saturated rings. The molecule has 0 aromatic carbocycles. The summed E-state index contributed by atoms with van der Waals surface area (Å²) in [5, 5.41) is 9.21. The van der Waals surface area contributed by atoms with Crippen molar-refractivity contribution >= 4 is 12.0 Å². The molecule has 0 bridgehead atoms. The molecule has 120 valence electrons. The van der Waals surface area contributed by atoms with Crippen LogP contribution in [0.5, 0.6) is 0 Å². The molecular formula is C14H25N3O4. The summed E-state index contributed by atoms with van der Waals surface area (Å²) in [6.45, 7) is 9.09. The van der Waals surface area contributed by atoms with Crippen molar-refractivity contribution in [2.24, 2.45) is 0 Å². The standard InChI is InChI=1S/C14H25N3O4/c1-14(2,3)21-13(20)17-6-4-16(5-7-17)12(19)10-15-8-11(18)9-15/h11,18H,4-10H2,1-3H3. The van der Waals surface area contributed by atoms with Crippen molar-refractivity contribution in [2.45, 2.75) is 32.5 Å². The van der Waals surface area contributed by atoms with Crippen LogP contribution in [0.25, 0.3) is 0 Å². The molecule has 0 aromatic heterocycles. The summed E-state index contributed by atoms with van der Waals surface area (Å²) < 4.78 is 5.32. The first-order valence-electron chi connectivity index (χ1n) is 7.41. The van der Waals surface area contributed by atoms with E-state index in [9.17, 15) is 14.7 Å². The molecule has 2 aliphatic rings. The zero-order valence-corrected chi connectivity index (χ0v) is 13.0. The Morgan fingerprint density at radius 2 is 1.62 bits per heavy atom. The highest BCUT2D eigenvalue weighted by atomic mass is 16.6. The van der Waals surface area contributed by atoms with Crippen LogP contribution in [0.1, 0.15) is 20.8 Å². The van der Waals surface area contributed by atoms with Crippen molar-refractivity contribution < 1.29 is 19.4 Å². The van der Waals surface area contributed by atoms with Crippen molar-refractivity contribution in [3.63, 3.8) is 0 Å². The number of amides is 2. The molecule has 7 nitrogen and oxygen atoms in total. The number of rotatable bonds is 2. The first-order valence-corrected chi connectivity index (χ1v) is 7.41. The number of ether oxygens (including phenoxy) is 1. The molecule has 2 amide bonds. The first-order chi connectivity index (χ1) is 9.74. The van der Waals surface area contributed by atoms with E-state index in [0.717, 1.165) is 0 Å². The summed E-state index contributed by atoms with van der Waals surface area (Å²) >= 11 is 0. The minimum atomic E-state index is -0.498. The van der Waals surface area contributed by atoms with Gasteiger partial charge in [0.15, 0.2) is 0 Å². The van der Waals surface area contributed by atoms with Gasteiger partial charge in [0.2, 0.25) is 5.91 Å². The summed E-state index contributed by atoms with van der Waals surface area (Å²) in [4.78, 5) is 29.3. The Bertz CT molecular complexity index is 394. The Labute approximate surface area is 125 Å². The molecule has 2 heterocycles. The number of piperazine rings is 1. The summed E-state index contributed by atoms with van der Waals surface area (Å²) in [5.41, 5.74) is -0.498. The van der Waals surface area contributed by atoms with Gasteiger partial charge < -0.3 is 19.6 Å². The van der Waals surface area contributed by atoms with E-state index in [4.69, 9.17) is 4.74 Å². The average Bonchev–Trinajstić information content (AvgIpc) is 2.35. The predicted molar refractivity (Wildman–Crippen MR) is 76.8 cm³/mol. The third kappa shape index (κ3) is 4.57. The minimum absolute atomic E-state index is 0.0609. The molecule has 2 aliphatic heterocycles. The van der Waals surface area contributed by atoms with Crippen LogP contribution in [-0.4, -0.2) is 89.3 Å². The maximum Gasteiger partial charge on any atom is 0.410 e. The zero-order chi connectivity index (χ0) is 15.6. The fourth-order valence-corrected chi connectivity index (χ4v) is 2.43. The normalized spacial score (nSPS) is 21.1. The maximum atomic E-state index is 12.1. The van der Waals surface area contributed by atoms with E-state index in [-0.39, 0.29) is 18.1 Å². The highest BCUT2D eigenvalue weighted by Gasteiger charge is 2.30. The lowest BCUT2D eigenvalue weighted by Crippen LogP contribution is -2.57. The molecule has 21 heavy (non-hydrogen) atoms. The summed E-state index contributed by atoms with van der Waals surface area (Å²) in [6.07, 6.45) is -0.609. The average molecular weight is 299 g/mol. The second-order valence-corrected chi connectivity index (χ2v) is 6.70. The van der Waals surface area contributed by atoms with Gasteiger partial charge in [-0.2, -0.15) is 0 Å². The molecule has 0 aromatic rings. The highest BCUT2D eigenvalue weighted by molar-refractivity contribution is 5.79. The van der Waals surface area contributed by atoms with Crippen molar-refractivity contribution in [2.75, 3.05) is 45.8 Å². The van der Waals surface area contributed by atoms with Crippen LogP contribution in [0.3, 0.4) is 0 Å².